The molecule has 33 heavy (non-hydrogen) atoms. The number of fused-ring (bicyclic) bond motifs is 1. The normalized spacial score (nSPS) is 20.0. The molecule has 3 rings (SSSR count). The standard InChI is InChI=1S/C28H33F5/c1-3-5-7-9-18-11-13-20(14-12-18)25(30)26(31)22-17-21-16-15-19(10-8-6-4-2)24(29)23(21)28(33)27(22)32/h4,6,15-18,20H,3,5,7-14H2,1-2H3/b6-4+,26-25?. The minimum atomic E-state index is -1.55. The molecule has 0 unspecified atom stereocenters. The van der Waals surface area contributed by atoms with E-state index in [0.29, 0.717) is 31.6 Å². The van der Waals surface area contributed by atoms with E-state index in [1.807, 2.05) is 19.1 Å². The van der Waals surface area contributed by atoms with Crippen LogP contribution in [0.1, 0.15) is 82.8 Å². The average molecular weight is 465 g/mol. The molecule has 0 spiro atoms. The summed E-state index contributed by atoms with van der Waals surface area (Å²) in [6.45, 7) is 3.99. The summed E-state index contributed by atoms with van der Waals surface area (Å²) in [6, 6.07) is 3.93. The smallest absolute Gasteiger partial charge is 0.170 e. The molecular weight excluding hydrogens is 431 g/mol. The van der Waals surface area contributed by atoms with Crippen LogP contribution in [0.3, 0.4) is 0 Å². The number of benzene rings is 2. The molecule has 0 nitrogen and oxygen atoms in total. The van der Waals surface area contributed by atoms with Gasteiger partial charge in [-0.25, -0.2) is 22.0 Å². The molecule has 0 radical (unpaired) electrons. The molecule has 180 valence electrons. The summed E-state index contributed by atoms with van der Waals surface area (Å²) >= 11 is 0. The first-order valence-corrected chi connectivity index (χ1v) is 12.1. The van der Waals surface area contributed by atoms with Gasteiger partial charge in [0.25, 0.3) is 0 Å². The molecule has 1 aliphatic rings. The van der Waals surface area contributed by atoms with Crippen molar-refractivity contribution in [2.24, 2.45) is 11.8 Å². The highest BCUT2D eigenvalue weighted by molar-refractivity contribution is 5.88. The zero-order valence-corrected chi connectivity index (χ0v) is 19.5. The first-order valence-electron chi connectivity index (χ1n) is 12.1. The Balaban J connectivity index is 1.85. The van der Waals surface area contributed by atoms with E-state index in [4.69, 9.17) is 0 Å². The van der Waals surface area contributed by atoms with Crippen molar-refractivity contribution in [3.05, 3.63) is 64.8 Å². The Bertz CT molecular complexity index is 1010. The van der Waals surface area contributed by atoms with Crippen molar-refractivity contribution >= 4 is 16.6 Å². The number of hydrogen-bond acceptors (Lipinski definition) is 0. The van der Waals surface area contributed by atoms with Gasteiger partial charge in [-0.1, -0.05) is 56.9 Å². The SMILES string of the molecule is C/C=C/CCc1ccc2cc(C(F)=C(F)C3CCC(CCCCC)CC3)c(F)c(F)c2c1F. The summed E-state index contributed by atoms with van der Waals surface area (Å²) in [4.78, 5) is 0. The summed E-state index contributed by atoms with van der Waals surface area (Å²) in [6.07, 6.45) is 11.8. The third-order valence-electron chi connectivity index (χ3n) is 6.89. The molecule has 0 aliphatic heterocycles. The summed E-state index contributed by atoms with van der Waals surface area (Å²) in [5.74, 6) is -6.39. The number of hydrogen-bond donors (Lipinski definition) is 0. The second kappa shape index (κ2) is 11.8. The fourth-order valence-corrected chi connectivity index (χ4v) is 4.88. The van der Waals surface area contributed by atoms with Crippen molar-refractivity contribution in [3.63, 3.8) is 0 Å². The van der Waals surface area contributed by atoms with Gasteiger partial charge in [0.2, 0.25) is 0 Å². The minimum Gasteiger partial charge on any atom is -0.208 e. The topological polar surface area (TPSA) is 0 Å². The Kier molecular flexibility index (Phi) is 9.10. The molecule has 0 aromatic heterocycles. The quantitative estimate of drug-likeness (QED) is 0.197. The molecule has 0 heterocycles. The third kappa shape index (κ3) is 5.85. The maximum absolute atomic E-state index is 15.0. The van der Waals surface area contributed by atoms with Crippen LogP contribution in [0.2, 0.25) is 0 Å². The maximum Gasteiger partial charge on any atom is 0.170 e. The summed E-state index contributed by atoms with van der Waals surface area (Å²) in [7, 11) is 0. The largest absolute Gasteiger partial charge is 0.208 e. The third-order valence-corrected chi connectivity index (χ3v) is 6.89. The Labute approximate surface area is 193 Å². The van der Waals surface area contributed by atoms with E-state index in [1.165, 1.54) is 18.6 Å². The maximum atomic E-state index is 15.0. The van der Waals surface area contributed by atoms with Crippen molar-refractivity contribution in [3.8, 4) is 0 Å². The minimum absolute atomic E-state index is 0.0127. The van der Waals surface area contributed by atoms with Crippen molar-refractivity contribution in [2.75, 3.05) is 0 Å². The highest BCUT2D eigenvalue weighted by Gasteiger charge is 2.29. The molecule has 2 aromatic carbocycles. The molecular formula is C28H33F5. The molecule has 2 aromatic rings. The number of allylic oxidation sites excluding steroid dienone is 3. The van der Waals surface area contributed by atoms with Gasteiger partial charge in [0.15, 0.2) is 17.5 Å². The van der Waals surface area contributed by atoms with Crippen LogP contribution in [0.5, 0.6) is 0 Å². The molecule has 0 bridgehead atoms. The van der Waals surface area contributed by atoms with Crippen molar-refractivity contribution in [1.82, 2.24) is 0 Å². The van der Waals surface area contributed by atoms with Gasteiger partial charge in [-0.2, -0.15) is 0 Å². The number of aryl methyl sites for hydroxylation is 1. The lowest BCUT2D eigenvalue weighted by Crippen LogP contribution is -2.15. The molecule has 0 saturated heterocycles. The molecule has 1 fully saturated rings. The van der Waals surface area contributed by atoms with Crippen molar-refractivity contribution < 1.29 is 22.0 Å². The van der Waals surface area contributed by atoms with E-state index in [9.17, 15) is 17.6 Å². The second-order valence-corrected chi connectivity index (χ2v) is 9.17. The van der Waals surface area contributed by atoms with Crippen LogP contribution in [0, 0.1) is 29.3 Å². The van der Waals surface area contributed by atoms with Gasteiger partial charge < -0.3 is 0 Å². The molecule has 0 atom stereocenters. The molecule has 1 aliphatic carbocycles. The first-order chi connectivity index (χ1) is 15.9. The predicted molar refractivity (Wildman–Crippen MR) is 126 cm³/mol. The van der Waals surface area contributed by atoms with Gasteiger partial charge in [0, 0.05) is 5.92 Å². The van der Waals surface area contributed by atoms with Gasteiger partial charge in [0.05, 0.1) is 10.9 Å². The molecule has 5 heteroatoms. The van der Waals surface area contributed by atoms with Gasteiger partial charge in [-0.3, -0.25) is 0 Å². The zero-order valence-electron chi connectivity index (χ0n) is 19.5. The summed E-state index contributed by atoms with van der Waals surface area (Å²) < 4.78 is 74.4. The van der Waals surface area contributed by atoms with E-state index >= 15 is 4.39 Å². The van der Waals surface area contributed by atoms with Crippen LogP contribution in [-0.2, 0) is 6.42 Å². The van der Waals surface area contributed by atoms with Gasteiger partial charge in [-0.05, 0) is 68.4 Å². The highest BCUT2D eigenvalue weighted by Crippen LogP contribution is 2.41. The lowest BCUT2D eigenvalue weighted by Gasteiger charge is -2.28. The number of halogens is 5. The van der Waals surface area contributed by atoms with Crippen LogP contribution in [0.15, 0.2) is 36.2 Å². The lowest BCUT2D eigenvalue weighted by atomic mass is 9.79. The Morgan fingerprint density at radius 2 is 1.70 bits per heavy atom. The van der Waals surface area contributed by atoms with Crippen LogP contribution in [0.25, 0.3) is 16.6 Å². The van der Waals surface area contributed by atoms with Crippen LogP contribution in [-0.4, -0.2) is 0 Å². The number of rotatable bonds is 9. The second-order valence-electron chi connectivity index (χ2n) is 9.17. The van der Waals surface area contributed by atoms with E-state index in [1.54, 1.807) is 0 Å². The fourth-order valence-electron chi connectivity index (χ4n) is 4.88. The number of unbranched alkanes of at least 4 members (excludes halogenated alkanes) is 2. The van der Waals surface area contributed by atoms with Gasteiger partial charge in [-0.15, -0.1) is 0 Å². The monoisotopic (exact) mass is 464 g/mol. The van der Waals surface area contributed by atoms with E-state index in [-0.39, 0.29) is 10.9 Å². The summed E-state index contributed by atoms with van der Waals surface area (Å²) in [5.41, 5.74) is -0.520. The van der Waals surface area contributed by atoms with Crippen molar-refractivity contribution in [1.29, 1.82) is 0 Å². The zero-order chi connectivity index (χ0) is 24.0. The van der Waals surface area contributed by atoms with E-state index < -0.39 is 46.0 Å². The van der Waals surface area contributed by atoms with Crippen molar-refractivity contribution in [2.45, 2.75) is 78.1 Å². The predicted octanol–water partition coefficient (Wildman–Crippen LogP) is 9.76. The summed E-state index contributed by atoms with van der Waals surface area (Å²) in [5, 5.41) is -0.506. The molecule has 0 N–H and O–H groups in total. The molecule has 1 saturated carbocycles. The Morgan fingerprint density at radius 3 is 2.36 bits per heavy atom. The lowest BCUT2D eigenvalue weighted by molar-refractivity contribution is 0.258. The van der Waals surface area contributed by atoms with E-state index in [2.05, 4.69) is 6.92 Å². The van der Waals surface area contributed by atoms with E-state index in [0.717, 1.165) is 38.2 Å². The Hall–Kier alpha value is -2.17. The average Bonchev–Trinajstić information content (AvgIpc) is 2.82. The van der Waals surface area contributed by atoms with Gasteiger partial charge >= 0.3 is 0 Å². The van der Waals surface area contributed by atoms with Crippen LogP contribution >= 0.6 is 0 Å². The van der Waals surface area contributed by atoms with Gasteiger partial charge in [0.1, 0.15) is 11.6 Å². The fraction of sp³-hybridized carbons (Fsp3) is 0.500. The van der Waals surface area contributed by atoms with Crippen LogP contribution < -0.4 is 0 Å². The highest BCUT2D eigenvalue weighted by atomic mass is 19.2. The Morgan fingerprint density at radius 1 is 0.970 bits per heavy atom. The van der Waals surface area contributed by atoms with Crippen LogP contribution in [0.4, 0.5) is 22.0 Å². The molecule has 0 amide bonds. The first kappa shape index (κ1) is 25.5.